The van der Waals surface area contributed by atoms with Crippen molar-refractivity contribution in [3.63, 3.8) is 0 Å². The number of carbonyl (C=O) groups is 2. The minimum absolute atomic E-state index is 0.193. The normalized spacial score (nSPS) is 26.6. The first-order valence-corrected chi connectivity index (χ1v) is 9.53. The molecule has 2 amide bonds. The van der Waals surface area contributed by atoms with Crippen LogP contribution in [0.5, 0.6) is 0 Å². The number of amides is 2. The van der Waals surface area contributed by atoms with Gasteiger partial charge in [-0.1, -0.05) is 12.2 Å². The molecule has 0 unspecified atom stereocenters. The van der Waals surface area contributed by atoms with Crippen LogP contribution in [0.2, 0.25) is 0 Å². The summed E-state index contributed by atoms with van der Waals surface area (Å²) in [6.07, 6.45) is 9.89. The van der Waals surface area contributed by atoms with E-state index in [9.17, 15) is 9.59 Å². The standard InChI is InChI=1S/C19H31N3O2/c1-20-11-13-21(14-12-20)18(23)15-16-7-9-22(10-8-16)19(24)17-5-3-2-4-6-17/h2-3,16-17H,4-15H2,1H3/t17-/m1/s1. The smallest absolute Gasteiger partial charge is 0.226 e. The van der Waals surface area contributed by atoms with Crippen LogP contribution in [-0.2, 0) is 9.59 Å². The Morgan fingerprint density at radius 3 is 2.25 bits per heavy atom. The van der Waals surface area contributed by atoms with Gasteiger partial charge < -0.3 is 14.7 Å². The van der Waals surface area contributed by atoms with Crippen molar-refractivity contribution in [1.82, 2.24) is 14.7 Å². The van der Waals surface area contributed by atoms with Crippen molar-refractivity contribution in [2.45, 2.75) is 38.5 Å². The number of likely N-dealkylation sites (N-methyl/N-ethyl adjacent to an activating group) is 1. The van der Waals surface area contributed by atoms with Gasteiger partial charge in [0.25, 0.3) is 0 Å². The van der Waals surface area contributed by atoms with Crippen molar-refractivity contribution in [3.05, 3.63) is 12.2 Å². The van der Waals surface area contributed by atoms with Gasteiger partial charge in [0.05, 0.1) is 0 Å². The maximum Gasteiger partial charge on any atom is 0.226 e. The van der Waals surface area contributed by atoms with Gasteiger partial charge in [-0.25, -0.2) is 0 Å². The van der Waals surface area contributed by atoms with Gasteiger partial charge in [0.15, 0.2) is 0 Å². The van der Waals surface area contributed by atoms with Gasteiger partial charge >= 0.3 is 0 Å². The first-order valence-electron chi connectivity index (χ1n) is 9.53. The first kappa shape index (κ1) is 17.5. The highest BCUT2D eigenvalue weighted by atomic mass is 16.2. The molecule has 0 saturated carbocycles. The van der Waals surface area contributed by atoms with Crippen molar-refractivity contribution in [2.24, 2.45) is 11.8 Å². The van der Waals surface area contributed by atoms with Gasteiger partial charge in [0.2, 0.25) is 11.8 Å². The second kappa shape index (κ2) is 8.15. The molecule has 0 aromatic rings. The van der Waals surface area contributed by atoms with E-state index >= 15 is 0 Å². The molecule has 5 heteroatoms. The van der Waals surface area contributed by atoms with Crippen molar-refractivity contribution in [2.75, 3.05) is 46.3 Å². The Kier molecular flexibility index (Phi) is 5.93. The average molecular weight is 333 g/mol. The van der Waals surface area contributed by atoms with Gasteiger partial charge in [-0.15, -0.1) is 0 Å². The fourth-order valence-electron chi connectivity index (χ4n) is 4.07. The number of rotatable bonds is 3. The number of piperidine rings is 1. The zero-order valence-electron chi connectivity index (χ0n) is 15.0. The zero-order chi connectivity index (χ0) is 16.9. The van der Waals surface area contributed by atoms with E-state index in [1.165, 1.54) is 0 Å². The summed E-state index contributed by atoms with van der Waals surface area (Å²) in [5.74, 6) is 1.29. The van der Waals surface area contributed by atoms with E-state index in [1.54, 1.807) is 0 Å². The summed E-state index contributed by atoms with van der Waals surface area (Å²) in [5, 5.41) is 0. The number of likely N-dealkylation sites (tertiary alicyclic amines) is 1. The first-order chi connectivity index (χ1) is 11.6. The van der Waals surface area contributed by atoms with Gasteiger partial charge in [-0.05, 0) is 45.1 Å². The fraction of sp³-hybridized carbons (Fsp3) is 0.789. The Morgan fingerprint density at radius 2 is 1.62 bits per heavy atom. The van der Waals surface area contributed by atoms with Crippen molar-refractivity contribution in [1.29, 1.82) is 0 Å². The molecule has 0 spiro atoms. The second-order valence-corrected chi connectivity index (χ2v) is 7.64. The van der Waals surface area contributed by atoms with Crippen LogP contribution in [0.1, 0.15) is 38.5 Å². The molecule has 134 valence electrons. The zero-order valence-corrected chi connectivity index (χ0v) is 15.0. The van der Waals surface area contributed by atoms with Crippen molar-refractivity contribution >= 4 is 11.8 Å². The lowest BCUT2D eigenvalue weighted by atomic mass is 9.89. The lowest BCUT2D eigenvalue weighted by molar-refractivity contribution is -0.137. The molecule has 0 aromatic carbocycles. The Bertz CT molecular complexity index is 475. The highest BCUT2D eigenvalue weighted by molar-refractivity contribution is 5.79. The molecule has 2 saturated heterocycles. The third kappa shape index (κ3) is 4.38. The molecule has 1 aliphatic carbocycles. The van der Waals surface area contributed by atoms with Gasteiger partial charge in [-0.2, -0.15) is 0 Å². The van der Waals surface area contributed by atoms with Crippen molar-refractivity contribution < 1.29 is 9.59 Å². The lowest BCUT2D eigenvalue weighted by Gasteiger charge is -2.36. The summed E-state index contributed by atoms with van der Waals surface area (Å²) in [7, 11) is 2.11. The van der Waals surface area contributed by atoms with Crippen molar-refractivity contribution in [3.8, 4) is 0 Å². The van der Waals surface area contributed by atoms with Gasteiger partial charge in [0, 0.05) is 51.6 Å². The Labute approximate surface area is 145 Å². The molecule has 0 aromatic heterocycles. The predicted molar refractivity (Wildman–Crippen MR) is 94.5 cm³/mol. The van der Waals surface area contributed by atoms with E-state index in [4.69, 9.17) is 0 Å². The summed E-state index contributed by atoms with van der Waals surface area (Å²) in [5.41, 5.74) is 0. The van der Waals surface area contributed by atoms with Crippen LogP contribution in [0.3, 0.4) is 0 Å². The molecule has 5 nitrogen and oxygen atoms in total. The predicted octanol–water partition coefficient (Wildman–Crippen LogP) is 1.75. The molecule has 0 radical (unpaired) electrons. The van der Waals surface area contributed by atoms with Crippen LogP contribution in [-0.4, -0.2) is 72.8 Å². The number of allylic oxidation sites excluding steroid dienone is 2. The highest BCUT2D eigenvalue weighted by Gasteiger charge is 2.30. The average Bonchev–Trinajstić information content (AvgIpc) is 2.63. The third-order valence-electron chi connectivity index (χ3n) is 5.86. The Morgan fingerprint density at radius 1 is 0.917 bits per heavy atom. The number of hydrogen-bond acceptors (Lipinski definition) is 3. The Hall–Kier alpha value is -1.36. The summed E-state index contributed by atoms with van der Waals surface area (Å²) < 4.78 is 0. The number of nitrogens with zero attached hydrogens (tertiary/aromatic N) is 3. The van der Waals surface area contributed by atoms with Gasteiger partial charge in [-0.3, -0.25) is 9.59 Å². The monoisotopic (exact) mass is 333 g/mol. The van der Waals surface area contributed by atoms with E-state index < -0.39 is 0 Å². The summed E-state index contributed by atoms with van der Waals surface area (Å²) in [4.78, 5) is 31.4. The maximum absolute atomic E-state index is 12.6. The quantitative estimate of drug-likeness (QED) is 0.739. The molecule has 24 heavy (non-hydrogen) atoms. The van der Waals surface area contributed by atoms with E-state index in [0.29, 0.717) is 24.2 Å². The summed E-state index contributed by atoms with van der Waals surface area (Å²) in [6.45, 7) is 5.35. The maximum atomic E-state index is 12.6. The summed E-state index contributed by atoms with van der Waals surface area (Å²) in [6, 6.07) is 0. The number of hydrogen-bond donors (Lipinski definition) is 0. The topological polar surface area (TPSA) is 43.9 Å². The van der Waals surface area contributed by atoms with Crippen LogP contribution in [0.15, 0.2) is 12.2 Å². The molecule has 2 fully saturated rings. The van der Waals surface area contributed by atoms with Crippen LogP contribution in [0.25, 0.3) is 0 Å². The molecule has 2 heterocycles. The largest absolute Gasteiger partial charge is 0.342 e. The van der Waals surface area contributed by atoms with Crippen LogP contribution in [0.4, 0.5) is 0 Å². The molecular formula is C19H31N3O2. The summed E-state index contributed by atoms with van der Waals surface area (Å²) >= 11 is 0. The lowest BCUT2D eigenvalue weighted by Crippen LogP contribution is -2.48. The second-order valence-electron chi connectivity index (χ2n) is 7.64. The number of carbonyl (C=O) groups excluding carboxylic acids is 2. The Balaban J connectivity index is 1.41. The molecule has 3 aliphatic rings. The van der Waals surface area contributed by atoms with Gasteiger partial charge in [0.1, 0.15) is 0 Å². The molecule has 3 rings (SSSR count). The van der Waals surface area contributed by atoms with Crippen LogP contribution < -0.4 is 0 Å². The third-order valence-corrected chi connectivity index (χ3v) is 5.86. The highest BCUT2D eigenvalue weighted by Crippen LogP contribution is 2.26. The van der Waals surface area contributed by atoms with E-state index in [2.05, 4.69) is 24.1 Å². The van der Waals surface area contributed by atoms with Crippen LogP contribution in [0, 0.1) is 11.8 Å². The SMILES string of the molecule is CN1CCN(C(=O)CC2CCN(C(=O)[C@@H]3CC=CCC3)CC2)CC1. The molecule has 2 aliphatic heterocycles. The van der Waals surface area contributed by atoms with E-state index in [0.717, 1.165) is 71.4 Å². The molecule has 0 N–H and O–H groups in total. The molecular weight excluding hydrogens is 302 g/mol. The van der Waals surface area contributed by atoms with E-state index in [-0.39, 0.29) is 5.92 Å². The fourth-order valence-corrected chi connectivity index (χ4v) is 4.07. The molecule has 0 bridgehead atoms. The molecule has 1 atom stereocenters. The van der Waals surface area contributed by atoms with Crippen LogP contribution >= 0.6 is 0 Å². The minimum Gasteiger partial charge on any atom is -0.342 e. The minimum atomic E-state index is 0.193. The van der Waals surface area contributed by atoms with E-state index in [1.807, 2.05) is 9.80 Å². The number of piperazine rings is 1.